The summed E-state index contributed by atoms with van der Waals surface area (Å²) in [6.07, 6.45) is 3.67. The number of nitrogens with zero attached hydrogens (tertiary/aromatic N) is 3. The Morgan fingerprint density at radius 2 is 2.08 bits per heavy atom. The normalized spacial score (nSPS) is 23.8. The Morgan fingerprint density at radius 3 is 2.88 bits per heavy atom. The third-order valence-electron chi connectivity index (χ3n) is 5.44. The van der Waals surface area contributed by atoms with Gasteiger partial charge in [-0.1, -0.05) is 12.1 Å². The second-order valence-electron chi connectivity index (χ2n) is 7.29. The highest BCUT2D eigenvalue weighted by Crippen LogP contribution is 2.34. The molecule has 2 aliphatic heterocycles. The maximum Gasteiger partial charge on any atom is 0.135 e. The molecule has 134 valence electrons. The van der Waals surface area contributed by atoms with Gasteiger partial charge in [0.2, 0.25) is 0 Å². The number of fused-ring (bicyclic) bond motifs is 1. The van der Waals surface area contributed by atoms with E-state index in [1.165, 1.54) is 17.8 Å². The van der Waals surface area contributed by atoms with Gasteiger partial charge in [-0.2, -0.15) is 0 Å². The number of benzene rings is 1. The van der Waals surface area contributed by atoms with E-state index in [2.05, 4.69) is 14.5 Å². The van der Waals surface area contributed by atoms with Crippen molar-refractivity contribution >= 4 is 0 Å². The molecule has 0 saturated carbocycles. The number of aliphatic hydroxyl groups is 1. The van der Waals surface area contributed by atoms with Crippen molar-refractivity contribution in [2.24, 2.45) is 5.41 Å². The van der Waals surface area contributed by atoms with Crippen molar-refractivity contribution < 1.29 is 14.2 Å². The molecular formula is C19H24FN3O2. The lowest BCUT2D eigenvalue weighted by atomic mass is 9.81. The predicted molar refractivity (Wildman–Crippen MR) is 91.4 cm³/mol. The van der Waals surface area contributed by atoms with Crippen LogP contribution in [0.2, 0.25) is 0 Å². The zero-order chi connectivity index (χ0) is 17.3. The summed E-state index contributed by atoms with van der Waals surface area (Å²) in [6.45, 7) is 4.99. The highest BCUT2D eigenvalue weighted by atomic mass is 19.1. The van der Waals surface area contributed by atoms with Crippen molar-refractivity contribution in [3.63, 3.8) is 0 Å². The Kier molecular flexibility index (Phi) is 4.58. The molecule has 0 spiro atoms. The second kappa shape index (κ2) is 6.86. The summed E-state index contributed by atoms with van der Waals surface area (Å²) in [6, 6.07) is 6.63. The van der Waals surface area contributed by atoms with Crippen molar-refractivity contribution in [2.75, 3.05) is 26.3 Å². The maximum absolute atomic E-state index is 13.1. The van der Waals surface area contributed by atoms with Crippen LogP contribution >= 0.6 is 0 Å². The molecule has 0 bridgehead atoms. The molecule has 1 fully saturated rings. The summed E-state index contributed by atoms with van der Waals surface area (Å²) >= 11 is 0. The molecule has 4 rings (SSSR count). The molecule has 1 aromatic carbocycles. The number of rotatable bonds is 5. The number of ether oxygens (including phenoxy) is 1. The van der Waals surface area contributed by atoms with Crippen LogP contribution in [-0.2, 0) is 30.9 Å². The van der Waals surface area contributed by atoms with Crippen LogP contribution in [0.4, 0.5) is 4.39 Å². The number of imidazole rings is 1. The Balaban J connectivity index is 1.44. The van der Waals surface area contributed by atoms with E-state index in [1.54, 1.807) is 0 Å². The molecular weight excluding hydrogens is 321 g/mol. The molecule has 1 unspecified atom stereocenters. The lowest BCUT2D eigenvalue weighted by Gasteiger charge is -2.28. The van der Waals surface area contributed by atoms with Crippen molar-refractivity contribution in [1.82, 2.24) is 14.5 Å². The standard InChI is InChI=1S/C19H24FN3O2/c20-16-3-1-15(2-4-16)9-19(14-24)5-6-22(13-19)11-17-10-21-18-12-25-8-7-23(17)18/h1-4,10,24H,5-9,11-14H2. The molecule has 1 saturated heterocycles. The van der Waals surface area contributed by atoms with Gasteiger partial charge >= 0.3 is 0 Å². The van der Waals surface area contributed by atoms with E-state index < -0.39 is 0 Å². The number of likely N-dealkylation sites (tertiary alicyclic amines) is 1. The van der Waals surface area contributed by atoms with Gasteiger partial charge in [-0.25, -0.2) is 9.37 Å². The van der Waals surface area contributed by atoms with Gasteiger partial charge in [-0.15, -0.1) is 0 Å². The van der Waals surface area contributed by atoms with Gasteiger partial charge in [0.05, 0.1) is 18.9 Å². The summed E-state index contributed by atoms with van der Waals surface area (Å²) in [4.78, 5) is 6.85. The smallest absolute Gasteiger partial charge is 0.135 e. The second-order valence-corrected chi connectivity index (χ2v) is 7.29. The lowest BCUT2D eigenvalue weighted by Crippen LogP contribution is -2.33. The Bertz CT molecular complexity index is 731. The van der Waals surface area contributed by atoms with E-state index in [4.69, 9.17) is 4.74 Å². The monoisotopic (exact) mass is 345 g/mol. The van der Waals surface area contributed by atoms with E-state index in [1.807, 2.05) is 18.3 Å². The quantitative estimate of drug-likeness (QED) is 0.900. The first kappa shape index (κ1) is 16.7. The molecule has 0 aliphatic carbocycles. The van der Waals surface area contributed by atoms with Crippen molar-refractivity contribution in [2.45, 2.75) is 32.5 Å². The zero-order valence-corrected chi connectivity index (χ0v) is 14.3. The van der Waals surface area contributed by atoms with Crippen LogP contribution in [0.1, 0.15) is 23.5 Å². The van der Waals surface area contributed by atoms with Crippen molar-refractivity contribution in [1.29, 1.82) is 0 Å². The fraction of sp³-hybridized carbons (Fsp3) is 0.526. The van der Waals surface area contributed by atoms with Crippen LogP contribution in [0, 0.1) is 11.2 Å². The van der Waals surface area contributed by atoms with Crippen molar-refractivity contribution in [3.05, 3.63) is 53.4 Å². The molecule has 0 amide bonds. The fourth-order valence-corrected chi connectivity index (χ4v) is 4.04. The van der Waals surface area contributed by atoms with Crippen LogP contribution in [0.3, 0.4) is 0 Å². The number of halogens is 1. The molecule has 1 N–H and O–H groups in total. The average Bonchev–Trinajstić information content (AvgIpc) is 3.23. The van der Waals surface area contributed by atoms with E-state index in [0.717, 1.165) is 57.0 Å². The summed E-state index contributed by atoms with van der Waals surface area (Å²) in [5.74, 6) is 0.782. The Labute approximate surface area is 147 Å². The lowest BCUT2D eigenvalue weighted by molar-refractivity contribution is 0.0794. The number of hydrogen-bond donors (Lipinski definition) is 1. The van der Waals surface area contributed by atoms with Gasteiger partial charge in [0.15, 0.2) is 0 Å². The number of hydrogen-bond acceptors (Lipinski definition) is 4. The third-order valence-corrected chi connectivity index (χ3v) is 5.44. The van der Waals surface area contributed by atoms with E-state index >= 15 is 0 Å². The van der Waals surface area contributed by atoms with E-state index in [9.17, 15) is 9.50 Å². The summed E-state index contributed by atoms with van der Waals surface area (Å²) in [7, 11) is 0. The highest BCUT2D eigenvalue weighted by molar-refractivity contribution is 5.19. The molecule has 6 heteroatoms. The molecule has 1 atom stereocenters. The minimum Gasteiger partial charge on any atom is -0.396 e. The van der Waals surface area contributed by atoms with Crippen molar-refractivity contribution in [3.8, 4) is 0 Å². The van der Waals surface area contributed by atoms with Gasteiger partial charge in [0.25, 0.3) is 0 Å². The maximum atomic E-state index is 13.1. The summed E-state index contributed by atoms with van der Waals surface area (Å²) < 4.78 is 20.8. The molecule has 5 nitrogen and oxygen atoms in total. The Morgan fingerprint density at radius 1 is 1.24 bits per heavy atom. The van der Waals surface area contributed by atoms with Crippen LogP contribution in [0.25, 0.3) is 0 Å². The zero-order valence-electron chi connectivity index (χ0n) is 14.3. The first-order chi connectivity index (χ1) is 12.2. The van der Waals surface area contributed by atoms with Gasteiger partial charge in [-0.3, -0.25) is 4.90 Å². The SMILES string of the molecule is OCC1(Cc2ccc(F)cc2)CCN(Cc2cnc3n2CCOC3)C1. The van der Waals surface area contributed by atoms with Gasteiger partial charge in [0.1, 0.15) is 18.2 Å². The predicted octanol–water partition coefficient (Wildman–Crippen LogP) is 1.98. The highest BCUT2D eigenvalue weighted by Gasteiger charge is 2.38. The van der Waals surface area contributed by atoms with Crippen LogP contribution in [-0.4, -0.2) is 45.9 Å². The minimum atomic E-state index is -0.218. The molecule has 25 heavy (non-hydrogen) atoms. The Hall–Kier alpha value is -1.76. The van der Waals surface area contributed by atoms with Gasteiger partial charge < -0.3 is 14.4 Å². The molecule has 3 heterocycles. The summed E-state index contributed by atoms with van der Waals surface area (Å²) in [5.41, 5.74) is 2.15. The van der Waals surface area contributed by atoms with E-state index in [-0.39, 0.29) is 17.8 Å². The first-order valence-corrected chi connectivity index (χ1v) is 8.86. The molecule has 2 aliphatic rings. The van der Waals surface area contributed by atoms with Crippen LogP contribution in [0.15, 0.2) is 30.5 Å². The van der Waals surface area contributed by atoms with Crippen LogP contribution < -0.4 is 0 Å². The largest absolute Gasteiger partial charge is 0.396 e. The fourth-order valence-electron chi connectivity index (χ4n) is 4.04. The van der Waals surface area contributed by atoms with E-state index in [0.29, 0.717) is 6.61 Å². The number of aromatic nitrogens is 2. The van der Waals surface area contributed by atoms with Gasteiger partial charge in [0, 0.05) is 31.2 Å². The van der Waals surface area contributed by atoms with Gasteiger partial charge in [-0.05, 0) is 37.1 Å². The minimum absolute atomic E-state index is 0.147. The average molecular weight is 345 g/mol. The number of aliphatic hydroxyl groups excluding tert-OH is 1. The van der Waals surface area contributed by atoms with Crippen LogP contribution in [0.5, 0.6) is 0 Å². The summed E-state index contributed by atoms with van der Waals surface area (Å²) in [5, 5.41) is 10.0. The molecule has 0 radical (unpaired) electrons. The molecule has 2 aromatic rings. The first-order valence-electron chi connectivity index (χ1n) is 8.86. The molecule has 1 aromatic heterocycles. The third kappa shape index (κ3) is 3.47. The topological polar surface area (TPSA) is 50.5 Å².